The molecule has 0 aliphatic carbocycles. The number of nitrogens with one attached hydrogen (secondary N) is 2. The van der Waals surface area contributed by atoms with E-state index >= 15 is 0 Å². The first-order valence-electron chi connectivity index (χ1n) is 5.59. The lowest BCUT2D eigenvalue weighted by molar-refractivity contribution is -0.141. The standard InChI is InChI=1S/C10H17F3N2O2/c11-10(12,13)7-15-9(16)6-17-5-8-1-3-14-4-2-8/h8,14H,1-7H2,(H,15,16). The Morgan fingerprint density at radius 1 is 1.35 bits per heavy atom. The molecule has 1 rings (SSSR count). The second kappa shape index (κ2) is 6.80. The summed E-state index contributed by atoms with van der Waals surface area (Å²) < 4.78 is 40.4. The number of amides is 1. The fourth-order valence-corrected chi connectivity index (χ4v) is 1.62. The maximum Gasteiger partial charge on any atom is 0.405 e. The summed E-state index contributed by atoms with van der Waals surface area (Å²) in [5.74, 6) is -0.331. The zero-order valence-electron chi connectivity index (χ0n) is 9.48. The van der Waals surface area contributed by atoms with Crippen LogP contribution in [0.2, 0.25) is 0 Å². The highest BCUT2D eigenvalue weighted by molar-refractivity contribution is 5.77. The third kappa shape index (κ3) is 7.17. The highest BCUT2D eigenvalue weighted by atomic mass is 19.4. The highest BCUT2D eigenvalue weighted by Crippen LogP contribution is 2.12. The fraction of sp³-hybridized carbons (Fsp3) is 0.900. The van der Waals surface area contributed by atoms with E-state index in [1.54, 1.807) is 5.32 Å². The molecule has 100 valence electrons. The van der Waals surface area contributed by atoms with Crippen LogP contribution in [-0.4, -0.2) is 44.9 Å². The van der Waals surface area contributed by atoms with Crippen LogP contribution in [0, 0.1) is 5.92 Å². The van der Waals surface area contributed by atoms with E-state index in [0.29, 0.717) is 12.5 Å². The predicted molar refractivity (Wildman–Crippen MR) is 55.5 cm³/mol. The Labute approximate surface area is 97.9 Å². The maximum atomic E-state index is 11.8. The van der Waals surface area contributed by atoms with Crippen LogP contribution in [-0.2, 0) is 9.53 Å². The van der Waals surface area contributed by atoms with E-state index in [1.165, 1.54) is 0 Å². The van der Waals surface area contributed by atoms with Crippen molar-refractivity contribution >= 4 is 5.91 Å². The number of rotatable bonds is 5. The lowest BCUT2D eigenvalue weighted by atomic mass is 9.99. The number of hydrogen-bond acceptors (Lipinski definition) is 3. The quantitative estimate of drug-likeness (QED) is 0.758. The third-order valence-corrected chi connectivity index (χ3v) is 2.53. The molecule has 17 heavy (non-hydrogen) atoms. The van der Waals surface area contributed by atoms with Crippen molar-refractivity contribution in [2.45, 2.75) is 19.0 Å². The molecule has 0 spiro atoms. The van der Waals surface area contributed by atoms with Gasteiger partial charge in [0.05, 0.1) is 6.61 Å². The van der Waals surface area contributed by atoms with Crippen LogP contribution in [0.25, 0.3) is 0 Å². The number of carbonyl (C=O) groups excluding carboxylic acids is 1. The van der Waals surface area contributed by atoms with Crippen LogP contribution >= 0.6 is 0 Å². The molecule has 0 saturated carbocycles. The molecule has 0 unspecified atom stereocenters. The lowest BCUT2D eigenvalue weighted by Gasteiger charge is -2.22. The van der Waals surface area contributed by atoms with Crippen molar-refractivity contribution in [3.05, 3.63) is 0 Å². The minimum absolute atomic E-state index is 0.306. The molecule has 1 aliphatic rings. The molecular weight excluding hydrogens is 237 g/mol. The number of piperidine rings is 1. The summed E-state index contributed by atoms with van der Waals surface area (Å²) in [5, 5.41) is 4.95. The van der Waals surface area contributed by atoms with E-state index in [1.807, 2.05) is 0 Å². The molecule has 1 heterocycles. The Bertz CT molecular complexity index is 240. The van der Waals surface area contributed by atoms with E-state index in [0.717, 1.165) is 25.9 Å². The smallest absolute Gasteiger partial charge is 0.371 e. The molecule has 1 amide bonds. The summed E-state index contributed by atoms with van der Waals surface area (Å²) in [6.07, 6.45) is -2.42. The number of halogens is 3. The first kappa shape index (κ1) is 14.2. The summed E-state index contributed by atoms with van der Waals surface area (Å²) in [5.41, 5.74) is 0. The molecule has 0 bridgehead atoms. The van der Waals surface area contributed by atoms with Gasteiger partial charge in [-0.05, 0) is 31.8 Å². The van der Waals surface area contributed by atoms with E-state index in [-0.39, 0.29) is 6.61 Å². The number of alkyl halides is 3. The van der Waals surface area contributed by atoms with Crippen molar-refractivity contribution in [3.63, 3.8) is 0 Å². The molecular formula is C10H17F3N2O2. The van der Waals surface area contributed by atoms with Crippen molar-refractivity contribution in [2.75, 3.05) is 32.8 Å². The third-order valence-electron chi connectivity index (χ3n) is 2.53. The highest BCUT2D eigenvalue weighted by Gasteiger charge is 2.27. The summed E-state index contributed by atoms with van der Waals surface area (Å²) in [7, 11) is 0. The van der Waals surface area contributed by atoms with E-state index in [4.69, 9.17) is 4.74 Å². The predicted octanol–water partition coefficient (Wildman–Crippen LogP) is 0.681. The monoisotopic (exact) mass is 254 g/mol. The van der Waals surface area contributed by atoms with Crippen molar-refractivity contribution < 1.29 is 22.7 Å². The van der Waals surface area contributed by atoms with E-state index in [2.05, 4.69) is 5.32 Å². The van der Waals surface area contributed by atoms with Crippen LogP contribution in [0.5, 0.6) is 0 Å². The largest absolute Gasteiger partial charge is 0.405 e. The van der Waals surface area contributed by atoms with Crippen molar-refractivity contribution in [1.29, 1.82) is 0 Å². The number of carbonyl (C=O) groups is 1. The minimum Gasteiger partial charge on any atom is -0.371 e. The molecule has 1 aliphatic heterocycles. The van der Waals surface area contributed by atoms with Gasteiger partial charge in [0.2, 0.25) is 5.91 Å². The second-order valence-corrected chi connectivity index (χ2v) is 4.10. The number of ether oxygens (including phenoxy) is 1. The van der Waals surface area contributed by atoms with Gasteiger partial charge in [0, 0.05) is 0 Å². The Morgan fingerprint density at radius 2 is 2.00 bits per heavy atom. The van der Waals surface area contributed by atoms with Crippen molar-refractivity contribution in [2.24, 2.45) is 5.92 Å². The molecule has 0 radical (unpaired) electrons. The summed E-state index contributed by atoms with van der Waals surface area (Å²) in [4.78, 5) is 11.0. The van der Waals surface area contributed by atoms with Crippen LogP contribution in [0.1, 0.15) is 12.8 Å². The van der Waals surface area contributed by atoms with Crippen LogP contribution < -0.4 is 10.6 Å². The molecule has 7 heteroatoms. The fourth-order valence-electron chi connectivity index (χ4n) is 1.62. The summed E-state index contributed by atoms with van der Waals surface area (Å²) >= 11 is 0. The molecule has 1 fully saturated rings. The zero-order valence-corrected chi connectivity index (χ0v) is 9.48. The average molecular weight is 254 g/mol. The van der Waals surface area contributed by atoms with Gasteiger partial charge in [-0.15, -0.1) is 0 Å². The Balaban J connectivity index is 2.03. The Morgan fingerprint density at radius 3 is 2.59 bits per heavy atom. The van der Waals surface area contributed by atoms with Gasteiger partial charge in [-0.3, -0.25) is 4.79 Å². The van der Waals surface area contributed by atoms with Crippen LogP contribution in [0.4, 0.5) is 13.2 Å². The van der Waals surface area contributed by atoms with E-state index in [9.17, 15) is 18.0 Å². The molecule has 2 N–H and O–H groups in total. The van der Waals surface area contributed by atoms with Gasteiger partial charge in [0.25, 0.3) is 0 Å². The van der Waals surface area contributed by atoms with Gasteiger partial charge in [-0.1, -0.05) is 0 Å². The molecule has 0 aromatic rings. The molecule has 0 aromatic heterocycles. The van der Waals surface area contributed by atoms with Crippen LogP contribution in [0.3, 0.4) is 0 Å². The lowest BCUT2D eigenvalue weighted by Crippen LogP contribution is -2.36. The zero-order chi connectivity index (χ0) is 12.7. The van der Waals surface area contributed by atoms with Crippen molar-refractivity contribution in [3.8, 4) is 0 Å². The molecule has 0 atom stereocenters. The molecule has 0 aromatic carbocycles. The first-order valence-corrected chi connectivity index (χ1v) is 5.59. The molecule has 4 nitrogen and oxygen atoms in total. The Kier molecular flexibility index (Phi) is 5.70. The van der Waals surface area contributed by atoms with E-state index < -0.39 is 18.6 Å². The maximum absolute atomic E-state index is 11.8. The van der Waals surface area contributed by atoms with Gasteiger partial charge in [-0.2, -0.15) is 13.2 Å². The van der Waals surface area contributed by atoms with Gasteiger partial charge < -0.3 is 15.4 Å². The van der Waals surface area contributed by atoms with Crippen molar-refractivity contribution in [1.82, 2.24) is 10.6 Å². The second-order valence-electron chi connectivity index (χ2n) is 4.10. The normalized spacial score (nSPS) is 18.1. The SMILES string of the molecule is O=C(COCC1CCNCC1)NCC(F)(F)F. The van der Waals surface area contributed by atoms with Gasteiger partial charge in [0.15, 0.2) is 0 Å². The Hall–Kier alpha value is -0.820. The van der Waals surface area contributed by atoms with Gasteiger partial charge in [0.1, 0.15) is 13.2 Å². The first-order chi connectivity index (χ1) is 7.97. The topological polar surface area (TPSA) is 50.4 Å². The van der Waals surface area contributed by atoms with Crippen LogP contribution in [0.15, 0.2) is 0 Å². The summed E-state index contributed by atoms with van der Waals surface area (Å²) in [6, 6.07) is 0. The number of hydrogen-bond donors (Lipinski definition) is 2. The van der Waals surface area contributed by atoms with Gasteiger partial charge in [-0.25, -0.2) is 0 Å². The molecule has 1 saturated heterocycles. The van der Waals surface area contributed by atoms with Gasteiger partial charge >= 0.3 is 6.18 Å². The average Bonchev–Trinajstić information content (AvgIpc) is 2.27. The minimum atomic E-state index is -4.37. The summed E-state index contributed by atoms with van der Waals surface area (Å²) in [6.45, 7) is 0.673.